The van der Waals surface area contributed by atoms with E-state index in [1.165, 1.54) is 22.0 Å². The molecule has 3 rings (SSSR count). The molecule has 0 saturated heterocycles. The zero-order chi connectivity index (χ0) is 17.3. The summed E-state index contributed by atoms with van der Waals surface area (Å²) in [6, 6.07) is 4.74. The fraction of sp³-hybridized carbons (Fsp3) is 0.188. The molecule has 0 radical (unpaired) electrons. The topological polar surface area (TPSA) is 68.9 Å². The number of hydrogen-bond donors (Lipinski definition) is 1. The van der Waals surface area contributed by atoms with Crippen LogP contribution in [0.25, 0.3) is 11.3 Å². The third-order valence-electron chi connectivity index (χ3n) is 3.47. The van der Waals surface area contributed by atoms with Gasteiger partial charge in [-0.3, -0.25) is 9.59 Å². The van der Waals surface area contributed by atoms with Gasteiger partial charge in [-0.25, -0.2) is 4.98 Å². The Balaban J connectivity index is 1.84. The lowest BCUT2D eigenvalue weighted by molar-refractivity contribution is 0.103. The van der Waals surface area contributed by atoms with Crippen LogP contribution in [0.5, 0.6) is 0 Å². The Morgan fingerprint density at radius 1 is 1.38 bits per heavy atom. The molecule has 0 aliphatic heterocycles. The standard InChI is InChI=1S/C16H15ClN4O2S/c1-3-21-7-10(4-5-14(21)22)19-16(23)13-6-11(15(17)24-13)12-8-20(2)9-18-12/h4-9H,3H2,1-2H3,(H,19,23). The smallest absolute Gasteiger partial charge is 0.265 e. The molecule has 0 unspecified atom stereocenters. The summed E-state index contributed by atoms with van der Waals surface area (Å²) in [5.74, 6) is -0.273. The molecule has 8 heteroatoms. The number of halogens is 1. The van der Waals surface area contributed by atoms with E-state index in [1.54, 1.807) is 24.7 Å². The van der Waals surface area contributed by atoms with Gasteiger partial charge in [0.05, 0.1) is 22.6 Å². The number of aryl methyl sites for hydroxylation is 2. The maximum Gasteiger partial charge on any atom is 0.265 e. The Labute approximate surface area is 147 Å². The van der Waals surface area contributed by atoms with E-state index in [0.717, 1.165) is 11.3 Å². The van der Waals surface area contributed by atoms with Crippen molar-refractivity contribution in [2.75, 3.05) is 5.32 Å². The second-order valence-electron chi connectivity index (χ2n) is 5.22. The van der Waals surface area contributed by atoms with Crippen LogP contribution < -0.4 is 10.9 Å². The van der Waals surface area contributed by atoms with Gasteiger partial charge in [-0.1, -0.05) is 11.6 Å². The molecule has 3 aromatic rings. The van der Waals surface area contributed by atoms with Crippen molar-refractivity contribution in [1.82, 2.24) is 14.1 Å². The minimum absolute atomic E-state index is 0.105. The van der Waals surface area contributed by atoms with Gasteiger partial charge in [0.1, 0.15) is 4.34 Å². The molecule has 1 N–H and O–H groups in total. The van der Waals surface area contributed by atoms with Gasteiger partial charge < -0.3 is 14.5 Å². The fourth-order valence-corrected chi connectivity index (χ4v) is 3.44. The van der Waals surface area contributed by atoms with Gasteiger partial charge in [0.2, 0.25) is 0 Å². The number of imidazole rings is 1. The minimum Gasteiger partial charge on any atom is -0.340 e. The molecular weight excluding hydrogens is 348 g/mol. The summed E-state index contributed by atoms with van der Waals surface area (Å²) in [4.78, 5) is 28.8. The molecule has 6 nitrogen and oxygen atoms in total. The number of nitrogens with zero attached hydrogens (tertiary/aromatic N) is 3. The summed E-state index contributed by atoms with van der Waals surface area (Å²) in [5, 5.41) is 2.78. The lowest BCUT2D eigenvalue weighted by Crippen LogP contribution is -2.19. The number of pyridine rings is 1. The normalized spacial score (nSPS) is 10.8. The number of nitrogens with one attached hydrogen (secondary N) is 1. The molecule has 1 amide bonds. The Hall–Kier alpha value is -2.38. The molecule has 0 atom stereocenters. The highest BCUT2D eigenvalue weighted by atomic mass is 35.5. The first kappa shape index (κ1) is 16.5. The van der Waals surface area contributed by atoms with Crippen LogP contribution in [0.1, 0.15) is 16.6 Å². The molecule has 0 spiro atoms. The van der Waals surface area contributed by atoms with Crippen molar-refractivity contribution in [3.05, 3.63) is 56.5 Å². The van der Waals surface area contributed by atoms with Crippen LogP contribution in [0, 0.1) is 0 Å². The molecule has 0 aromatic carbocycles. The highest BCUT2D eigenvalue weighted by Crippen LogP contribution is 2.35. The van der Waals surface area contributed by atoms with Gasteiger partial charge >= 0.3 is 0 Å². The molecule has 0 saturated carbocycles. The molecule has 0 aliphatic rings. The van der Waals surface area contributed by atoms with E-state index < -0.39 is 0 Å². The summed E-state index contributed by atoms with van der Waals surface area (Å²) < 4.78 is 3.85. The van der Waals surface area contributed by atoms with Crippen molar-refractivity contribution < 1.29 is 4.79 Å². The average molecular weight is 363 g/mol. The zero-order valence-corrected chi connectivity index (χ0v) is 14.7. The van der Waals surface area contributed by atoms with Gasteiger partial charge in [0.15, 0.2) is 0 Å². The summed E-state index contributed by atoms with van der Waals surface area (Å²) in [6.07, 6.45) is 5.14. The van der Waals surface area contributed by atoms with Crippen LogP contribution >= 0.6 is 22.9 Å². The van der Waals surface area contributed by atoms with Gasteiger partial charge in [-0.05, 0) is 19.1 Å². The number of amides is 1. The molecule has 3 heterocycles. The van der Waals surface area contributed by atoms with Crippen LogP contribution in [0.15, 0.2) is 41.7 Å². The van der Waals surface area contributed by atoms with E-state index >= 15 is 0 Å². The second-order valence-corrected chi connectivity index (χ2v) is 6.87. The molecule has 0 bridgehead atoms. The Bertz CT molecular complexity index is 957. The maximum absolute atomic E-state index is 12.4. The highest BCUT2D eigenvalue weighted by Gasteiger charge is 2.16. The van der Waals surface area contributed by atoms with E-state index in [9.17, 15) is 9.59 Å². The van der Waals surface area contributed by atoms with Crippen LogP contribution in [-0.4, -0.2) is 20.0 Å². The zero-order valence-electron chi connectivity index (χ0n) is 13.1. The third kappa shape index (κ3) is 3.27. The molecular formula is C16H15ClN4O2S. The highest BCUT2D eigenvalue weighted by molar-refractivity contribution is 7.18. The molecule has 124 valence electrons. The van der Waals surface area contributed by atoms with Gasteiger partial charge in [-0.15, -0.1) is 11.3 Å². The number of carbonyl (C=O) groups excluding carboxylic acids is 1. The number of anilines is 1. The van der Waals surface area contributed by atoms with E-state index in [4.69, 9.17) is 11.6 Å². The van der Waals surface area contributed by atoms with E-state index in [2.05, 4.69) is 10.3 Å². The third-order valence-corrected chi connectivity index (χ3v) is 4.83. The summed E-state index contributed by atoms with van der Waals surface area (Å²) in [5.41, 5.74) is 1.90. The largest absolute Gasteiger partial charge is 0.340 e. The van der Waals surface area contributed by atoms with Crippen LogP contribution in [0.3, 0.4) is 0 Å². The SMILES string of the molecule is CCn1cc(NC(=O)c2cc(-c3cn(C)cn3)c(Cl)s2)ccc1=O. The molecule has 24 heavy (non-hydrogen) atoms. The lowest BCUT2D eigenvalue weighted by atomic mass is 10.2. The lowest BCUT2D eigenvalue weighted by Gasteiger charge is -2.06. The average Bonchev–Trinajstić information content (AvgIpc) is 3.15. The van der Waals surface area contributed by atoms with Crippen LogP contribution in [-0.2, 0) is 13.6 Å². The molecule has 0 aliphatic carbocycles. The van der Waals surface area contributed by atoms with E-state index in [1.807, 2.05) is 24.7 Å². The Morgan fingerprint density at radius 3 is 2.83 bits per heavy atom. The van der Waals surface area contributed by atoms with Gasteiger partial charge in [0, 0.05) is 37.6 Å². The van der Waals surface area contributed by atoms with Crippen molar-refractivity contribution in [2.45, 2.75) is 13.5 Å². The Morgan fingerprint density at radius 2 is 2.17 bits per heavy atom. The maximum atomic E-state index is 12.4. The minimum atomic E-state index is -0.273. The number of rotatable bonds is 4. The first-order chi connectivity index (χ1) is 11.5. The summed E-state index contributed by atoms with van der Waals surface area (Å²) in [6.45, 7) is 2.41. The van der Waals surface area contributed by atoms with E-state index in [-0.39, 0.29) is 11.5 Å². The van der Waals surface area contributed by atoms with Crippen molar-refractivity contribution >= 4 is 34.5 Å². The molecule has 3 aromatic heterocycles. The quantitative estimate of drug-likeness (QED) is 0.774. The first-order valence-corrected chi connectivity index (χ1v) is 8.47. The Kier molecular flexibility index (Phi) is 4.55. The first-order valence-electron chi connectivity index (χ1n) is 7.27. The molecule has 0 fully saturated rings. The van der Waals surface area contributed by atoms with Crippen LogP contribution in [0.2, 0.25) is 4.34 Å². The predicted octanol–water partition coefficient (Wildman–Crippen LogP) is 3.24. The monoisotopic (exact) mass is 362 g/mol. The van der Waals surface area contributed by atoms with Crippen LogP contribution in [0.4, 0.5) is 5.69 Å². The van der Waals surface area contributed by atoms with Crippen molar-refractivity contribution in [3.8, 4) is 11.3 Å². The predicted molar refractivity (Wildman–Crippen MR) is 95.9 cm³/mol. The van der Waals surface area contributed by atoms with Crippen molar-refractivity contribution in [1.29, 1.82) is 0 Å². The fourth-order valence-electron chi connectivity index (χ4n) is 2.25. The van der Waals surface area contributed by atoms with Crippen molar-refractivity contribution in [3.63, 3.8) is 0 Å². The number of aromatic nitrogens is 3. The second kappa shape index (κ2) is 6.62. The summed E-state index contributed by atoms with van der Waals surface area (Å²) >= 11 is 7.44. The van der Waals surface area contributed by atoms with E-state index in [0.29, 0.717) is 21.4 Å². The summed E-state index contributed by atoms with van der Waals surface area (Å²) in [7, 11) is 1.87. The van der Waals surface area contributed by atoms with Gasteiger partial charge in [-0.2, -0.15) is 0 Å². The van der Waals surface area contributed by atoms with Crippen molar-refractivity contribution in [2.24, 2.45) is 7.05 Å². The number of thiophene rings is 1. The number of hydrogen-bond acceptors (Lipinski definition) is 4. The van der Waals surface area contributed by atoms with Gasteiger partial charge in [0.25, 0.3) is 11.5 Å². The number of carbonyl (C=O) groups is 1.